The third kappa shape index (κ3) is 2.83. The van der Waals surface area contributed by atoms with Crippen LogP contribution in [0.3, 0.4) is 0 Å². The van der Waals surface area contributed by atoms with E-state index < -0.39 is 0 Å². The molecular weight excluding hydrogens is 312 g/mol. The van der Waals surface area contributed by atoms with E-state index in [4.69, 9.17) is 0 Å². The fraction of sp³-hybridized carbons (Fsp3) is 0.294. The quantitative estimate of drug-likeness (QED) is 0.841. The highest BCUT2D eigenvalue weighted by molar-refractivity contribution is 9.10. The maximum Gasteiger partial charge on any atom is 0.0378 e. The average Bonchev–Trinajstić information content (AvgIpc) is 2.43. The van der Waals surface area contributed by atoms with Crippen molar-refractivity contribution in [1.82, 2.24) is 0 Å². The van der Waals surface area contributed by atoms with Crippen LogP contribution in [0.5, 0.6) is 0 Å². The van der Waals surface area contributed by atoms with Crippen LogP contribution in [0.25, 0.3) is 0 Å². The van der Waals surface area contributed by atoms with Crippen molar-refractivity contribution < 1.29 is 0 Å². The number of para-hydroxylation sites is 1. The minimum Gasteiger partial charge on any atom is -0.383 e. The van der Waals surface area contributed by atoms with Gasteiger partial charge in [0, 0.05) is 35.5 Å². The molecule has 0 atom stereocenters. The van der Waals surface area contributed by atoms with Crippen LogP contribution in [0.15, 0.2) is 46.9 Å². The number of benzene rings is 2. The normalized spacial score (nSPS) is 15.0. The van der Waals surface area contributed by atoms with Gasteiger partial charge in [0.05, 0.1) is 0 Å². The predicted octanol–water partition coefficient (Wildman–Crippen LogP) is 4.23. The summed E-state index contributed by atoms with van der Waals surface area (Å²) in [6.07, 6.45) is 1.08. The van der Waals surface area contributed by atoms with E-state index in [1.807, 2.05) is 0 Å². The van der Waals surface area contributed by atoms with Crippen LogP contribution in [0.1, 0.15) is 11.1 Å². The number of fused-ring (bicyclic) bond motifs is 1. The first kappa shape index (κ1) is 13.5. The number of aryl methyl sites for hydroxylation is 1. The molecule has 0 saturated carbocycles. The van der Waals surface area contributed by atoms with Crippen molar-refractivity contribution in [3.05, 3.63) is 58.1 Å². The zero-order valence-electron chi connectivity index (χ0n) is 11.7. The van der Waals surface area contributed by atoms with Gasteiger partial charge in [-0.05, 0) is 42.7 Å². The van der Waals surface area contributed by atoms with Gasteiger partial charge in [-0.25, -0.2) is 0 Å². The lowest BCUT2D eigenvalue weighted by Crippen LogP contribution is -2.33. The molecule has 0 fully saturated rings. The van der Waals surface area contributed by atoms with Gasteiger partial charge in [0.25, 0.3) is 0 Å². The number of hydrogen-bond donors (Lipinski definition) is 1. The molecule has 1 aliphatic rings. The van der Waals surface area contributed by atoms with Gasteiger partial charge in [0.1, 0.15) is 0 Å². The second kappa shape index (κ2) is 5.88. The Morgan fingerprint density at radius 2 is 1.95 bits per heavy atom. The second-order valence-corrected chi connectivity index (χ2v) is 6.11. The first-order chi connectivity index (χ1) is 9.74. The first-order valence-corrected chi connectivity index (χ1v) is 7.86. The summed E-state index contributed by atoms with van der Waals surface area (Å²) < 4.78 is 1.19. The topological polar surface area (TPSA) is 15.3 Å². The Kier molecular flexibility index (Phi) is 3.97. The molecule has 0 spiro atoms. The number of nitrogens with zero attached hydrogens (tertiary/aromatic N) is 1. The minimum absolute atomic E-state index is 0.975. The Hall–Kier alpha value is -1.48. The van der Waals surface area contributed by atoms with Gasteiger partial charge in [0.2, 0.25) is 0 Å². The lowest BCUT2D eigenvalue weighted by Gasteiger charge is -2.29. The highest BCUT2D eigenvalue weighted by atomic mass is 79.9. The maximum absolute atomic E-state index is 3.63. The lowest BCUT2D eigenvalue weighted by atomic mass is 10.1. The molecule has 3 heteroatoms. The van der Waals surface area contributed by atoms with Crippen LogP contribution in [-0.2, 0) is 6.42 Å². The highest BCUT2D eigenvalue weighted by Gasteiger charge is 2.12. The molecule has 1 heterocycles. The fourth-order valence-electron chi connectivity index (χ4n) is 2.64. The molecule has 104 valence electrons. The van der Waals surface area contributed by atoms with E-state index in [1.54, 1.807) is 0 Å². The van der Waals surface area contributed by atoms with E-state index in [9.17, 15) is 0 Å². The molecule has 2 aromatic rings. The van der Waals surface area contributed by atoms with Crippen LogP contribution in [0.4, 0.5) is 11.4 Å². The van der Waals surface area contributed by atoms with Gasteiger partial charge >= 0.3 is 0 Å². The summed E-state index contributed by atoms with van der Waals surface area (Å²) in [7, 11) is 0. The second-order valence-electron chi connectivity index (χ2n) is 5.25. The van der Waals surface area contributed by atoms with Gasteiger partial charge in [0.15, 0.2) is 0 Å². The van der Waals surface area contributed by atoms with E-state index in [1.165, 1.54) is 27.0 Å². The monoisotopic (exact) mass is 330 g/mol. The minimum atomic E-state index is 0.975. The number of rotatable bonds is 1. The van der Waals surface area contributed by atoms with Gasteiger partial charge in [-0.15, -0.1) is 0 Å². The van der Waals surface area contributed by atoms with Crippen LogP contribution in [0.2, 0.25) is 0 Å². The Balaban J connectivity index is 1.81. The number of hydrogen-bond acceptors (Lipinski definition) is 2. The van der Waals surface area contributed by atoms with Crippen molar-refractivity contribution in [1.29, 1.82) is 0 Å². The van der Waals surface area contributed by atoms with Crippen molar-refractivity contribution in [2.45, 2.75) is 13.3 Å². The van der Waals surface area contributed by atoms with Crippen molar-refractivity contribution in [3.8, 4) is 0 Å². The molecule has 0 bridgehead atoms. The van der Waals surface area contributed by atoms with E-state index >= 15 is 0 Å². The maximum atomic E-state index is 3.63. The van der Waals surface area contributed by atoms with E-state index in [2.05, 4.69) is 75.5 Å². The standard InChI is InChI=1S/C17H19BrN2/c1-13-6-7-15(12-16(13)18)20-10-8-14-4-2-3-5-17(14)19-9-11-20/h2-7,12,19H,8-11H2,1H3. The largest absolute Gasteiger partial charge is 0.383 e. The summed E-state index contributed by atoms with van der Waals surface area (Å²) in [6.45, 7) is 5.19. The summed E-state index contributed by atoms with van der Waals surface area (Å²) in [5.41, 5.74) is 5.27. The molecule has 3 rings (SSSR count). The predicted molar refractivity (Wildman–Crippen MR) is 89.7 cm³/mol. The Morgan fingerprint density at radius 3 is 2.80 bits per heavy atom. The highest BCUT2D eigenvalue weighted by Crippen LogP contribution is 2.25. The fourth-order valence-corrected chi connectivity index (χ4v) is 3.01. The van der Waals surface area contributed by atoms with Gasteiger partial charge < -0.3 is 10.2 Å². The molecule has 20 heavy (non-hydrogen) atoms. The number of nitrogens with one attached hydrogen (secondary N) is 1. The summed E-state index contributed by atoms with van der Waals surface area (Å²) in [4.78, 5) is 2.45. The molecule has 1 aliphatic heterocycles. The summed E-state index contributed by atoms with van der Waals surface area (Å²) >= 11 is 3.63. The van der Waals surface area contributed by atoms with Crippen molar-refractivity contribution in [2.75, 3.05) is 29.9 Å². The molecule has 0 unspecified atom stereocenters. The molecule has 2 aromatic carbocycles. The van der Waals surface area contributed by atoms with Crippen molar-refractivity contribution in [3.63, 3.8) is 0 Å². The lowest BCUT2D eigenvalue weighted by molar-refractivity contribution is 0.774. The summed E-state index contributed by atoms with van der Waals surface area (Å²) in [6, 6.07) is 15.2. The summed E-state index contributed by atoms with van der Waals surface area (Å²) in [5, 5.41) is 3.54. The zero-order chi connectivity index (χ0) is 13.9. The third-order valence-electron chi connectivity index (χ3n) is 3.89. The molecule has 0 amide bonds. The number of halogens is 1. The van der Waals surface area contributed by atoms with E-state index in [0.717, 1.165) is 26.1 Å². The Bertz CT molecular complexity index is 610. The molecule has 1 N–H and O–H groups in total. The van der Waals surface area contributed by atoms with Crippen molar-refractivity contribution >= 4 is 27.3 Å². The Labute approximate surface area is 128 Å². The van der Waals surface area contributed by atoms with Crippen molar-refractivity contribution in [2.24, 2.45) is 0 Å². The smallest absolute Gasteiger partial charge is 0.0378 e. The molecule has 0 aromatic heterocycles. The SMILES string of the molecule is Cc1ccc(N2CCNc3ccccc3CC2)cc1Br. The van der Waals surface area contributed by atoms with Gasteiger partial charge in [-0.3, -0.25) is 0 Å². The zero-order valence-corrected chi connectivity index (χ0v) is 13.3. The molecule has 0 radical (unpaired) electrons. The molecule has 0 aliphatic carbocycles. The van der Waals surface area contributed by atoms with Gasteiger partial charge in [-0.1, -0.05) is 40.2 Å². The van der Waals surface area contributed by atoms with Crippen LogP contribution in [0, 0.1) is 6.92 Å². The molecule has 2 nitrogen and oxygen atoms in total. The molecular formula is C17H19BrN2. The Morgan fingerprint density at radius 1 is 1.10 bits per heavy atom. The van der Waals surface area contributed by atoms with E-state index in [-0.39, 0.29) is 0 Å². The third-order valence-corrected chi connectivity index (χ3v) is 4.74. The number of anilines is 2. The molecule has 0 saturated heterocycles. The van der Waals surface area contributed by atoms with Crippen LogP contribution in [-0.4, -0.2) is 19.6 Å². The first-order valence-electron chi connectivity index (χ1n) is 7.07. The average molecular weight is 331 g/mol. The summed E-state index contributed by atoms with van der Waals surface area (Å²) in [5.74, 6) is 0. The van der Waals surface area contributed by atoms with Crippen LogP contribution < -0.4 is 10.2 Å². The van der Waals surface area contributed by atoms with Gasteiger partial charge in [-0.2, -0.15) is 0 Å². The van der Waals surface area contributed by atoms with E-state index in [0.29, 0.717) is 0 Å². The van der Waals surface area contributed by atoms with Crippen LogP contribution >= 0.6 is 15.9 Å².